The highest BCUT2D eigenvalue weighted by Crippen LogP contribution is 2.35. The topological polar surface area (TPSA) is 46.6 Å². The van der Waals surface area contributed by atoms with Gasteiger partial charge in [-0.1, -0.05) is 78.3 Å². The number of hydrogen-bond donors (Lipinski definition) is 0. The maximum atomic E-state index is 13.0. The second-order valence-corrected chi connectivity index (χ2v) is 9.34. The van der Waals surface area contributed by atoms with E-state index in [-0.39, 0.29) is 17.7 Å². The van der Waals surface area contributed by atoms with Crippen molar-refractivity contribution in [1.82, 2.24) is 4.90 Å². The van der Waals surface area contributed by atoms with Crippen molar-refractivity contribution < 1.29 is 14.3 Å². The molecule has 4 nitrogen and oxygen atoms in total. The van der Waals surface area contributed by atoms with Crippen molar-refractivity contribution in [3.8, 4) is 5.75 Å². The molecule has 4 aromatic carbocycles. The number of nitrogens with zero attached hydrogens (tertiary/aromatic N) is 1. The number of ether oxygens (including phenoxy) is 1. The maximum absolute atomic E-state index is 13.0. The lowest BCUT2D eigenvalue weighted by molar-refractivity contribution is -0.123. The smallest absolute Gasteiger partial charge is 0.293 e. The van der Waals surface area contributed by atoms with Crippen molar-refractivity contribution in [2.45, 2.75) is 13.2 Å². The normalized spacial score (nSPS) is 14.9. The molecule has 0 atom stereocenters. The number of imide groups is 1. The Kier molecular flexibility index (Phi) is 6.39. The number of benzene rings is 4. The summed E-state index contributed by atoms with van der Waals surface area (Å²) in [5, 5.41) is 2.61. The lowest BCUT2D eigenvalue weighted by Crippen LogP contribution is -2.27. The van der Waals surface area contributed by atoms with E-state index >= 15 is 0 Å². The summed E-state index contributed by atoms with van der Waals surface area (Å²) in [6.07, 6.45) is 1.72. The molecule has 6 heteroatoms. The number of carbonyl (C=O) groups excluding carboxylic acids is 2. The molecular formula is C28H20ClNO3S. The van der Waals surface area contributed by atoms with Gasteiger partial charge in [0, 0.05) is 10.6 Å². The highest BCUT2D eigenvalue weighted by molar-refractivity contribution is 8.18. The van der Waals surface area contributed by atoms with Crippen molar-refractivity contribution >= 4 is 51.4 Å². The van der Waals surface area contributed by atoms with Crippen LogP contribution < -0.4 is 4.74 Å². The molecule has 5 rings (SSSR count). The van der Waals surface area contributed by atoms with Crippen LogP contribution in [0.2, 0.25) is 5.02 Å². The number of hydrogen-bond acceptors (Lipinski definition) is 4. The van der Waals surface area contributed by atoms with E-state index in [4.69, 9.17) is 16.3 Å². The van der Waals surface area contributed by atoms with Gasteiger partial charge in [0.25, 0.3) is 11.1 Å². The summed E-state index contributed by atoms with van der Waals surface area (Å²) in [6.45, 7) is 0.578. The first-order valence-electron chi connectivity index (χ1n) is 10.8. The average molecular weight is 486 g/mol. The molecule has 0 radical (unpaired) electrons. The summed E-state index contributed by atoms with van der Waals surface area (Å²) in [5.41, 5.74) is 2.60. The molecule has 1 aliphatic rings. The predicted octanol–water partition coefficient (Wildman–Crippen LogP) is 7.31. The van der Waals surface area contributed by atoms with Gasteiger partial charge in [0.2, 0.25) is 0 Å². The molecule has 1 aliphatic heterocycles. The Morgan fingerprint density at radius 1 is 0.824 bits per heavy atom. The lowest BCUT2D eigenvalue weighted by atomic mass is 10.1. The largest absolute Gasteiger partial charge is 0.488 e. The van der Waals surface area contributed by atoms with Crippen LogP contribution in [0.4, 0.5) is 4.79 Å². The summed E-state index contributed by atoms with van der Waals surface area (Å²) in [6, 6.07) is 29.1. The quantitative estimate of drug-likeness (QED) is 0.269. The van der Waals surface area contributed by atoms with Crippen molar-refractivity contribution in [2.24, 2.45) is 0 Å². The van der Waals surface area contributed by atoms with Crippen molar-refractivity contribution in [2.75, 3.05) is 0 Å². The van der Waals surface area contributed by atoms with Crippen LogP contribution in [0, 0.1) is 0 Å². The van der Waals surface area contributed by atoms with Gasteiger partial charge in [-0.3, -0.25) is 14.5 Å². The Bertz CT molecular complexity index is 1430. The third kappa shape index (κ3) is 4.86. The second-order valence-electron chi connectivity index (χ2n) is 7.91. The van der Waals surface area contributed by atoms with Gasteiger partial charge in [-0.25, -0.2) is 0 Å². The van der Waals surface area contributed by atoms with Crippen LogP contribution in [0.25, 0.3) is 16.8 Å². The van der Waals surface area contributed by atoms with Crippen LogP contribution in [-0.4, -0.2) is 16.0 Å². The fraction of sp³-hybridized carbons (Fsp3) is 0.0714. The Morgan fingerprint density at radius 2 is 1.62 bits per heavy atom. The molecule has 168 valence electrons. The van der Waals surface area contributed by atoms with Gasteiger partial charge in [-0.05, 0) is 64.0 Å². The number of thioether (sulfide) groups is 1. The number of rotatable bonds is 6. The van der Waals surface area contributed by atoms with Crippen molar-refractivity contribution in [3.63, 3.8) is 0 Å². The number of para-hydroxylation sites is 1. The molecule has 0 unspecified atom stereocenters. The Hall–Kier alpha value is -3.54. The maximum Gasteiger partial charge on any atom is 0.293 e. The Morgan fingerprint density at radius 3 is 2.47 bits per heavy atom. The first-order chi connectivity index (χ1) is 16.6. The van der Waals surface area contributed by atoms with Gasteiger partial charge >= 0.3 is 0 Å². The van der Waals surface area contributed by atoms with Crippen LogP contribution in [0.1, 0.15) is 16.7 Å². The van der Waals surface area contributed by atoms with E-state index in [0.717, 1.165) is 33.8 Å². The molecule has 1 heterocycles. The van der Waals surface area contributed by atoms with E-state index in [2.05, 4.69) is 24.3 Å². The highest BCUT2D eigenvalue weighted by atomic mass is 35.5. The fourth-order valence-electron chi connectivity index (χ4n) is 3.82. The standard InChI is InChI=1S/C28H20ClNO3S/c29-24-10-5-6-19(15-24)17-30-27(31)26(34-28(30)32)16-23-9-3-4-11-25(23)33-18-20-12-13-21-7-1-2-8-22(21)14-20/h1-16H,17-18H2/b26-16-. The molecule has 2 amide bonds. The summed E-state index contributed by atoms with van der Waals surface area (Å²) < 4.78 is 6.10. The molecule has 0 N–H and O–H groups in total. The summed E-state index contributed by atoms with van der Waals surface area (Å²) >= 11 is 6.97. The molecule has 1 fully saturated rings. The van der Waals surface area contributed by atoms with Gasteiger partial charge in [0.1, 0.15) is 12.4 Å². The first-order valence-corrected chi connectivity index (χ1v) is 12.0. The molecule has 0 bridgehead atoms. The monoisotopic (exact) mass is 485 g/mol. The average Bonchev–Trinajstić information content (AvgIpc) is 3.11. The molecule has 0 aromatic heterocycles. The number of carbonyl (C=O) groups is 2. The molecule has 0 spiro atoms. The van der Waals surface area contributed by atoms with Gasteiger partial charge < -0.3 is 4.74 Å². The highest BCUT2D eigenvalue weighted by Gasteiger charge is 2.35. The minimum atomic E-state index is -0.320. The SMILES string of the molecule is O=C1S/C(=C\c2ccccc2OCc2ccc3ccccc3c2)C(=O)N1Cc1cccc(Cl)c1. The van der Waals surface area contributed by atoms with Gasteiger partial charge in [0.05, 0.1) is 11.4 Å². The zero-order chi connectivity index (χ0) is 23.5. The summed E-state index contributed by atoms with van der Waals surface area (Å²) in [7, 11) is 0. The minimum Gasteiger partial charge on any atom is -0.488 e. The predicted molar refractivity (Wildman–Crippen MR) is 138 cm³/mol. The van der Waals surface area contributed by atoms with Gasteiger partial charge in [-0.2, -0.15) is 0 Å². The summed E-state index contributed by atoms with van der Waals surface area (Å²) in [4.78, 5) is 27.1. The molecule has 34 heavy (non-hydrogen) atoms. The molecule has 4 aromatic rings. The molecule has 0 saturated carbocycles. The van der Waals surface area contributed by atoms with E-state index in [0.29, 0.717) is 22.3 Å². The van der Waals surface area contributed by atoms with Crippen LogP contribution in [0.5, 0.6) is 5.75 Å². The van der Waals surface area contributed by atoms with Crippen molar-refractivity contribution in [3.05, 3.63) is 118 Å². The number of amides is 2. The lowest BCUT2D eigenvalue weighted by Gasteiger charge is -2.12. The Labute approximate surface area is 206 Å². The summed E-state index contributed by atoms with van der Waals surface area (Å²) in [5.74, 6) is 0.330. The minimum absolute atomic E-state index is 0.183. The molecule has 0 aliphatic carbocycles. The third-order valence-electron chi connectivity index (χ3n) is 5.52. The van der Waals surface area contributed by atoms with Crippen LogP contribution in [-0.2, 0) is 17.9 Å². The van der Waals surface area contributed by atoms with E-state index in [1.807, 2.05) is 48.5 Å². The molecule has 1 saturated heterocycles. The Balaban J connectivity index is 1.33. The fourth-order valence-corrected chi connectivity index (χ4v) is 4.86. The van der Waals surface area contributed by atoms with E-state index in [9.17, 15) is 9.59 Å². The second kappa shape index (κ2) is 9.75. The van der Waals surface area contributed by atoms with Crippen molar-refractivity contribution in [1.29, 1.82) is 0 Å². The van der Waals surface area contributed by atoms with Crippen LogP contribution in [0.3, 0.4) is 0 Å². The number of halogens is 1. The van der Waals surface area contributed by atoms with Gasteiger partial charge in [-0.15, -0.1) is 0 Å². The molecular weight excluding hydrogens is 466 g/mol. The van der Waals surface area contributed by atoms with Crippen LogP contribution >= 0.6 is 23.4 Å². The van der Waals surface area contributed by atoms with E-state index < -0.39 is 0 Å². The first kappa shape index (κ1) is 22.3. The third-order valence-corrected chi connectivity index (χ3v) is 6.66. The van der Waals surface area contributed by atoms with E-state index in [1.165, 1.54) is 10.3 Å². The van der Waals surface area contributed by atoms with E-state index in [1.54, 1.807) is 24.3 Å². The van der Waals surface area contributed by atoms with Gasteiger partial charge in [0.15, 0.2) is 0 Å². The number of fused-ring (bicyclic) bond motifs is 1. The zero-order valence-electron chi connectivity index (χ0n) is 18.1. The van der Waals surface area contributed by atoms with Crippen LogP contribution in [0.15, 0.2) is 95.9 Å². The zero-order valence-corrected chi connectivity index (χ0v) is 19.7.